The van der Waals surface area contributed by atoms with Crippen molar-refractivity contribution in [2.45, 2.75) is 51.1 Å². The van der Waals surface area contributed by atoms with Crippen LogP contribution >= 0.6 is 22.6 Å². The molecule has 0 bridgehead atoms. The van der Waals surface area contributed by atoms with Gasteiger partial charge in [0, 0.05) is 28.2 Å². The number of rotatable bonds is 7. The van der Waals surface area contributed by atoms with Crippen molar-refractivity contribution in [3.05, 3.63) is 34.9 Å². The summed E-state index contributed by atoms with van der Waals surface area (Å²) in [6.07, 6.45) is 8.12. The number of hydrogen-bond acceptors (Lipinski definition) is 0. The molecule has 0 spiro atoms. The van der Waals surface area contributed by atoms with Gasteiger partial charge in [-0.15, -0.1) is 6.42 Å². The molecule has 1 aromatic carbocycles. The molecule has 118 valence electrons. The van der Waals surface area contributed by atoms with Crippen LogP contribution < -0.4 is 12.4 Å². The molecular formula is C18H27ClIN. The average molecular weight is 420 g/mol. The summed E-state index contributed by atoms with van der Waals surface area (Å²) in [6, 6.07) is 6.57. The summed E-state index contributed by atoms with van der Waals surface area (Å²) in [5.74, 6) is 2.99. The summed E-state index contributed by atoms with van der Waals surface area (Å²) in [6.45, 7) is 12.3. The molecule has 0 amide bonds. The van der Waals surface area contributed by atoms with Crippen LogP contribution in [0.1, 0.15) is 43.4 Å². The van der Waals surface area contributed by atoms with Gasteiger partial charge in [-0.05, 0) is 43.7 Å². The predicted molar refractivity (Wildman–Crippen MR) is 96.8 cm³/mol. The number of quaternary nitrogens is 1. The Morgan fingerprint density at radius 2 is 1.62 bits per heavy atom. The highest BCUT2D eigenvalue weighted by Gasteiger charge is 2.33. The van der Waals surface area contributed by atoms with E-state index in [0.717, 1.165) is 24.1 Å². The van der Waals surface area contributed by atoms with E-state index in [1.165, 1.54) is 29.5 Å². The Morgan fingerprint density at radius 3 is 2.00 bits per heavy atom. The molecule has 0 radical (unpaired) electrons. The molecule has 0 saturated heterocycles. The average Bonchev–Trinajstić information content (AvgIpc) is 2.42. The van der Waals surface area contributed by atoms with Crippen molar-refractivity contribution in [3.8, 4) is 12.3 Å². The molecule has 0 aliphatic rings. The van der Waals surface area contributed by atoms with Crippen molar-refractivity contribution in [3.63, 3.8) is 0 Å². The highest BCUT2D eigenvalue weighted by Crippen LogP contribution is 2.28. The number of halogens is 2. The van der Waals surface area contributed by atoms with E-state index in [4.69, 9.17) is 6.42 Å². The SMILES string of the molecule is C#CC(I)[N+](CCC)(CCC)Cc1c(C)cccc1C.[Cl-]. The Bertz CT molecular complexity index is 452. The van der Waals surface area contributed by atoms with Crippen molar-refractivity contribution >= 4 is 22.6 Å². The first-order valence-corrected chi connectivity index (χ1v) is 8.76. The maximum atomic E-state index is 5.78. The summed E-state index contributed by atoms with van der Waals surface area (Å²) in [4.78, 5) is 0. The number of benzene rings is 1. The molecule has 1 rings (SSSR count). The molecule has 0 heterocycles. The second kappa shape index (κ2) is 9.71. The van der Waals surface area contributed by atoms with Crippen LogP contribution in [0.4, 0.5) is 0 Å². The van der Waals surface area contributed by atoms with Gasteiger partial charge in [0.05, 0.1) is 13.1 Å². The Labute approximate surface area is 150 Å². The summed E-state index contributed by atoms with van der Waals surface area (Å²) in [7, 11) is 0. The summed E-state index contributed by atoms with van der Waals surface area (Å²) in [5, 5.41) is 0. The quantitative estimate of drug-likeness (QED) is 0.208. The number of aryl methyl sites for hydroxylation is 2. The Kier molecular flexibility index (Phi) is 9.60. The molecule has 3 heteroatoms. The van der Waals surface area contributed by atoms with Crippen LogP contribution in [0.15, 0.2) is 18.2 Å². The van der Waals surface area contributed by atoms with Crippen LogP contribution in [0.25, 0.3) is 0 Å². The topological polar surface area (TPSA) is 0 Å². The van der Waals surface area contributed by atoms with Gasteiger partial charge in [0.25, 0.3) is 0 Å². The van der Waals surface area contributed by atoms with E-state index in [9.17, 15) is 0 Å². The van der Waals surface area contributed by atoms with Crippen LogP contribution in [-0.2, 0) is 6.54 Å². The highest BCUT2D eigenvalue weighted by atomic mass is 127. The number of nitrogens with zero attached hydrogens (tertiary/aromatic N) is 1. The van der Waals surface area contributed by atoms with Crippen LogP contribution in [0.5, 0.6) is 0 Å². The molecule has 1 nitrogen and oxygen atoms in total. The fourth-order valence-corrected chi connectivity index (χ4v) is 3.79. The number of terminal acetylenes is 1. The zero-order valence-electron chi connectivity index (χ0n) is 13.6. The summed E-state index contributed by atoms with van der Waals surface area (Å²) >= 11 is 2.45. The molecule has 0 saturated carbocycles. The van der Waals surface area contributed by atoms with E-state index < -0.39 is 0 Å². The standard InChI is InChI=1S/C18H27IN.ClH/c1-6-12-20(13-7-2,18(19)8-3)14-17-15(4)10-9-11-16(17)5;/h3,9-11,18H,6-7,12-14H2,1-2,4-5H3;1H/q+1;/p-1. The minimum absolute atomic E-state index is 0. The van der Waals surface area contributed by atoms with E-state index in [-0.39, 0.29) is 16.5 Å². The lowest BCUT2D eigenvalue weighted by Crippen LogP contribution is -3.00. The second-order valence-corrected chi connectivity index (χ2v) is 6.88. The zero-order valence-corrected chi connectivity index (χ0v) is 16.5. The smallest absolute Gasteiger partial charge is 0.200 e. The first kappa shape index (κ1) is 20.8. The molecule has 21 heavy (non-hydrogen) atoms. The maximum absolute atomic E-state index is 5.78. The summed E-state index contributed by atoms with van der Waals surface area (Å²) < 4.78 is 1.25. The van der Waals surface area contributed by atoms with Gasteiger partial charge < -0.3 is 12.4 Å². The fourth-order valence-electron chi connectivity index (χ4n) is 3.04. The highest BCUT2D eigenvalue weighted by molar-refractivity contribution is 14.1. The zero-order chi connectivity index (χ0) is 15.2. The second-order valence-electron chi connectivity index (χ2n) is 5.70. The van der Waals surface area contributed by atoms with Crippen LogP contribution in [0, 0.1) is 26.2 Å². The van der Waals surface area contributed by atoms with Gasteiger partial charge in [-0.1, -0.05) is 32.0 Å². The third-order valence-corrected chi connectivity index (χ3v) is 5.62. The molecule has 1 aromatic rings. The first-order chi connectivity index (χ1) is 9.50. The van der Waals surface area contributed by atoms with Gasteiger partial charge in [0.2, 0.25) is 4.05 Å². The minimum Gasteiger partial charge on any atom is -1.00 e. The first-order valence-electron chi connectivity index (χ1n) is 7.51. The van der Waals surface area contributed by atoms with Gasteiger partial charge in [0.1, 0.15) is 6.54 Å². The molecule has 0 aliphatic heterocycles. The molecule has 0 aromatic heterocycles. The van der Waals surface area contributed by atoms with Gasteiger partial charge in [0.15, 0.2) is 0 Å². The van der Waals surface area contributed by atoms with Gasteiger partial charge in [-0.3, -0.25) is 4.48 Å². The maximum Gasteiger partial charge on any atom is 0.200 e. The number of hydrogen-bond donors (Lipinski definition) is 0. The third-order valence-electron chi connectivity index (χ3n) is 4.07. The van der Waals surface area contributed by atoms with Crippen LogP contribution in [0.3, 0.4) is 0 Å². The Balaban J connectivity index is 0.00000400. The van der Waals surface area contributed by atoms with Crippen molar-refractivity contribution in [1.29, 1.82) is 0 Å². The molecule has 1 atom stereocenters. The Morgan fingerprint density at radius 1 is 1.14 bits per heavy atom. The molecule has 0 N–H and O–H groups in total. The molecular weight excluding hydrogens is 393 g/mol. The molecule has 0 aliphatic carbocycles. The van der Waals surface area contributed by atoms with Gasteiger partial charge >= 0.3 is 0 Å². The lowest BCUT2D eigenvalue weighted by Gasteiger charge is -2.41. The lowest BCUT2D eigenvalue weighted by atomic mass is 10.0. The van der Waals surface area contributed by atoms with Gasteiger partial charge in [-0.25, -0.2) is 0 Å². The van der Waals surface area contributed by atoms with Crippen LogP contribution in [0.2, 0.25) is 0 Å². The number of alkyl halides is 1. The predicted octanol–water partition coefficient (Wildman–Crippen LogP) is 1.84. The van der Waals surface area contributed by atoms with Crippen LogP contribution in [-0.4, -0.2) is 21.6 Å². The molecule has 1 unspecified atom stereocenters. The minimum atomic E-state index is 0. The largest absolute Gasteiger partial charge is 1.00 e. The lowest BCUT2D eigenvalue weighted by molar-refractivity contribution is -0.940. The van der Waals surface area contributed by atoms with E-state index in [2.05, 4.69) is 74.4 Å². The van der Waals surface area contributed by atoms with E-state index >= 15 is 0 Å². The normalized spacial score (nSPS) is 12.4. The molecule has 0 fully saturated rings. The van der Waals surface area contributed by atoms with E-state index in [1.54, 1.807) is 0 Å². The third kappa shape index (κ3) is 5.16. The van der Waals surface area contributed by atoms with Crippen molar-refractivity contribution in [2.75, 3.05) is 13.1 Å². The Hall–Kier alpha value is -0.240. The monoisotopic (exact) mass is 419 g/mol. The van der Waals surface area contributed by atoms with Crippen molar-refractivity contribution in [1.82, 2.24) is 0 Å². The van der Waals surface area contributed by atoms with E-state index in [0.29, 0.717) is 0 Å². The van der Waals surface area contributed by atoms with Crippen molar-refractivity contribution in [2.24, 2.45) is 0 Å². The van der Waals surface area contributed by atoms with E-state index in [1.807, 2.05) is 0 Å². The fraction of sp³-hybridized carbons (Fsp3) is 0.556. The van der Waals surface area contributed by atoms with Crippen molar-refractivity contribution < 1.29 is 16.9 Å². The van der Waals surface area contributed by atoms with Gasteiger partial charge in [-0.2, -0.15) is 0 Å². The summed E-state index contributed by atoms with van der Waals surface area (Å²) in [5.41, 5.74) is 4.26.